The second kappa shape index (κ2) is 10.6. The molecule has 0 saturated heterocycles. The molecule has 8 nitrogen and oxygen atoms in total. The minimum Gasteiger partial charge on any atom is -0.465 e. The molecule has 182 valence electrons. The summed E-state index contributed by atoms with van der Waals surface area (Å²) in [6, 6.07) is 19.5. The molecule has 3 aromatic rings. The normalized spacial score (nSPS) is 13.1. The van der Waals surface area contributed by atoms with Crippen LogP contribution < -0.4 is 15.5 Å². The summed E-state index contributed by atoms with van der Waals surface area (Å²) in [4.78, 5) is 50.7. The van der Waals surface area contributed by atoms with E-state index in [-0.39, 0.29) is 34.3 Å². The Morgan fingerprint density at radius 3 is 2.22 bits per heavy atom. The van der Waals surface area contributed by atoms with Crippen molar-refractivity contribution in [3.8, 4) is 0 Å². The first-order valence-electron chi connectivity index (χ1n) is 10.6. The van der Waals surface area contributed by atoms with Gasteiger partial charge in [0, 0.05) is 16.4 Å². The van der Waals surface area contributed by atoms with Crippen LogP contribution in [0.4, 0.5) is 17.1 Å². The number of carbonyl (C=O) groups is 4. The van der Waals surface area contributed by atoms with Gasteiger partial charge in [-0.15, -0.1) is 0 Å². The average molecular weight is 524 g/mol. The van der Waals surface area contributed by atoms with Crippen molar-refractivity contribution in [2.24, 2.45) is 0 Å². The highest BCUT2D eigenvalue weighted by Gasteiger charge is 2.39. The highest BCUT2D eigenvalue weighted by Crippen LogP contribution is 2.30. The zero-order valence-corrected chi connectivity index (χ0v) is 20.4. The van der Waals surface area contributed by atoms with E-state index in [0.717, 1.165) is 10.5 Å². The minimum atomic E-state index is -0.721. The molecule has 1 aliphatic rings. The number of ether oxygens (including phenoxy) is 1. The Labute approximate surface area is 216 Å². The summed E-state index contributed by atoms with van der Waals surface area (Å²) in [7, 11) is 1.24. The standard InChI is InChI=1S/C26H19Cl2N3O5/c1-36-26(35)16-3-2-4-20(14-16)31-24(33)22(28)23(25(31)34)30-19-9-5-15(6-10-19)13-21(32)29-18-11-7-17(27)8-12-18/h2-12,14,30H,13H2,1H3,(H,29,32). The van der Waals surface area contributed by atoms with Gasteiger partial charge in [-0.3, -0.25) is 14.4 Å². The summed E-state index contributed by atoms with van der Waals surface area (Å²) in [5.41, 5.74) is 2.14. The van der Waals surface area contributed by atoms with Crippen LogP contribution >= 0.6 is 23.2 Å². The number of hydrogen-bond donors (Lipinski definition) is 2. The number of imide groups is 1. The molecule has 0 aromatic heterocycles. The fourth-order valence-electron chi connectivity index (χ4n) is 3.51. The Kier molecular flexibility index (Phi) is 7.38. The lowest BCUT2D eigenvalue weighted by atomic mass is 10.1. The molecule has 10 heteroatoms. The molecule has 2 N–H and O–H groups in total. The van der Waals surface area contributed by atoms with Crippen LogP contribution in [0.25, 0.3) is 0 Å². The topological polar surface area (TPSA) is 105 Å². The molecular formula is C26H19Cl2N3O5. The Morgan fingerprint density at radius 1 is 0.889 bits per heavy atom. The average Bonchev–Trinajstić information content (AvgIpc) is 3.09. The van der Waals surface area contributed by atoms with Gasteiger partial charge in [-0.2, -0.15) is 0 Å². The van der Waals surface area contributed by atoms with Crippen LogP contribution in [0.15, 0.2) is 83.5 Å². The second-order valence-corrected chi connectivity index (χ2v) is 8.54. The minimum absolute atomic E-state index is 0.0987. The van der Waals surface area contributed by atoms with Crippen molar-refractivity contribution in [1.82, 2.24) is 0 Å². The molecule has 0 atom stereocenters. The van der Waals surface area contributed by atoms with E-state index in [9.17, 15) is 19.2 Å². The summed E-state index contributed by atoms with van der Waals surface area (Å²) in [6.45, 7) is 0. The van der Waals surface area contributed by atoms with Crippen LogP contribution in [-0.2, 0) is 25.5 Å². The maximum absolute atomic E-state index is 13.0. The van der Waals surface area contributed by atoms with Gasteiger partial charge in [0.1, 0.15) is 10.7 Å². The zero-order chi connectivity index (χ0) is 25.8. The number of benzene rings is 3. The molecule has 36 heavy (non-hydrogen) atoms. The highest BCUT2D eigenvalue weighted by molar-refractivity contribution is 6.53. The lowest BCUT2D eigenvalue weighted by Gasteiger charge is -2.16. The van der Waals surface area contributed by atoms with Crippen molar-refractivity contribution < 1.29 is 23.9 Å². The van der Waals surface area contributed by atoms with Crippen LogP contribution in [-0.4, -0.2) is 30.8 Å². The summed E-state index contributed by atoms with van der Waals surface area (Å²) in [6.07, 6.45) is 0.133. The second-order valence-electron chi connectivity index (χ2n) is 7.73. The number of anilines is 3. The summed E-state index contributed by atoms with van der Waals surface area (Å²) in [5, 5.41) is 5.96. The maximum Gasteiger partial charge on any atom is 0.337 e. The van der Waals surface area contributed by atoms with E-state index in [1.165, 1.54) is 31.4 Å². The first-order valence-corrected chi connectivity index (χ1v) is 11.4. The van der Waals surface area contributed by atoms with E-state index in [1.54, 1.807) is 48.5 Å². The van der Waals surface area contributed by atoms with Gasteiger partial charge in [-0.25, -0.2) is 9.69 Å². The van der Waals surface area contributed by atoms with E-state index in [4.69, 9.17) is 27.9 Å². The molecule has 0 bridgehead atoms. The number of methoxy groups -OCH3 is 1. The Hall–Kier alpha value is -4.14. The van der Waals surface area contributed by atoms with Crippen molar-refractivity contribution in [3.63, 3.8) is 0 Å². The van der Waals surface area contributed by atoms with E-state index in [2.05, 4.69) is 10.6 Å². The quantitative estimate of drug-likeness (QED) is 0.342. The monoisotopic (exact) mass is 523 g/mol. The third kappa shape index (κ3) is 5.40. The van der Waals surface area contributed by atoms with Crippen LogP contribution in [0.5, 0.6) is 0 Å². The van der Waals surface area contributed by atoms with Crippen molar-refractivity contribution in [3.05, 3.63) is 99.7 Å². The van der Waals surface area contributed by atoms with Gasteiger partial charge in [-0.05, 0) is 60.2 Å². The first-order chi connectivity index (χ1) is 17.3. The molecule has 0 saturated carbocycles. The van der Waals surface area contributed by atoms with Gasteiger partial charge < -0.3 is 15.4 Å². The Balaban J connectivity index is 1.43. The number of halogens is 2. The Bertz CT molecular complexity index is 1390. The molecular weight excluding hydrogens is 505 g/mol. The number of nitrogens with zero attached hydrogens (tertiary/aromatic N) is 1. The molecule has 4 rings (SSSR count). The molecule has 3 aromatic carbocycles. The fraction of sp³-hybridized carbons (Fsp3) is 0.0769. The van der Waals surface area contributed by atoms with Gasteiger partial charge >= 0.3 is 5.97 Å². The zero-order valence-electron chi connectivity index (χ0n) is 18.9. The summed E-state index contributed by atoms with van der Waals surface area (Å²) in [5.74, 6) is -2.19. The molecule has 3 amide bonds. The fourth-order valence-corrected chi connectivity index (χ4v) is 3.85. The molecule has 0 spiro atoms. The van der Waals surface area contributed by atoms with E-state index in [0.29, 0.717) is 16.4 Å². The number of carbonyl (C=O) groups excluding carboxylic acids is 4. The lowest BCUT2D eigenvalue weighted by Crippen LogP contribution is -2.32. The van der Waals surface area contributed by atoms with Crippen LogP contribution in [0.3, 0.4) is 0 Å². The predicted molar refractivity (Wildman–Crippen MR) is 137 cm³/mol. The third-order valence-corrected chi connectivity index (χ3v) is 5.87. The van der Waals surface area contributed by atoms with E-state index >= 15 is 0 Å². The van der Waals surface area contributed by atoms with Crippen LogP contribution in [0, 0.1) is 0 Å². The van der Waals surface area contributed by atoms with Crippen LogP contribution in [0.1, 0.15) is 15.9 Å². The number of esters is 1. The number of amides is 3. The molecule has 0 fully saturated rings. The van der Waals surface area contributed by atoms with Gasteiger partial charge in [0.15, 0.2) is 0 Å². The van der Waals surface area contributed by atoms with Gasteiger partial charge in [0.2, 0.25) is 5.91 Å². The van der Waals surface area contributed by atoms with Crippen molar-refractivity contribution in [2.75, 3.05) is 22.6 Å². The number of nitrogens with one attached hydrogen (secondary N) is 2. The predicted octanol–water partition coefficient (Wildman–Crippen LogP) is 4.74. The van der Waals surface area contributed by atoms with E-state index in [1.807, 2.05) is 0 Å². The summed E-state index contributed by atoms with van der Waals surface area (Å²) < 4.78 is 4.69. The van der Waals surface area contributed by atoms with Gasteiger partial charge in [-0.1, -0.05) is 41.4 Å². The molecule has 0 unspecified atom stereocenters. The summed E-state index contributed by atoms with van der Waals surface area (Å²) >= 11 is 12.0. The molecule has 0 radical (unpaired) electrons. The van der Waals surface area contributed by atoms with Crippen molar-refractivity contribution >= 4 is 64.0 Å². The van der Waals surface area contributed by atoms with Crippen molar-refractivity contribution in [1.29, 1.82) is 0 Å². The lowest BCUT2D eigenvalue weighted by molar-refractivity contribution is -0.120. The van der Waals surface area contributed by atoms with Gasteiger partial charge in [0.25, 0.3) is 11.8 Å². The van der Waals surface area contributed by atoms with Crippen LogP contribution in [0.2, 0.25) is 5.02 Å². The van der Waals surface area contributed by atoms with E-state index < -0.39 is 17.8 Å². The SMILES string of the molecule is COC(=O)c1cccc(N2C(=O)C(Cl)=C(Nc3ccc(CC(=O)Nc4ccc(Cl)cc4)cc3)C2=O)c1. The number of hydrogen-bond acceptors (Lipinski definition) is 6. The largest absolute Gasteiger partial charge is 0.465 e. The highest BCUT2D eigenvalue weighted by atomic mass is 35.5. The first kappa shape index (κ1) is 25.0. The molecule has 1 heterocycles. The maximum atomic E-state index is 13.0. The smallest absolute Gasteiger partial charge is 0.337 e. The Morgan fingerprint density at radius 2 is 1.56 bits per heavy atom. The number of rotatable bonds is 7. The van der Waals surface area contributed by atoms with Gasteiger partial charge in [0.05, 0.1) is 24.8 Å². The molecule has 0 aliphatic carbocycles. The molecule has 1 aliphatic heterocycles. The van der Waals surface area contributed by atoms with Crippen molar-refractivity contribution in [2.45, 2.75) is 6.42 Å². The third-order valence-electron chi connectivity index (χ3n) is 5.27.